The Kier molecular flexibility index (Phi) is 4.71. The molecule has 0 N–H and O–H groups in total. The van der Waals surface area contributed by atoms with Gasteiger partial charge in [-0.15, -0.1) is 10.2 Å². The molecule has 0 saturated carbocycles. The highest BCUT2D eigenvalue weighted by Gasteiger charge is 2.19. The predicted octanol–water partition coefficient (Wildman–Crippen LogP) is 3.03. The highest BCUT2D eigenvalue weighted by atomic mass is 16.5. The zero-order valence-corrected chi connectivity index (χ0v) is 13.1. The summed E-state index contributed by atoms with van der Waals surface area (Å²) in [5.41, 5.74) is 1.93. The second-order valence-corrected chi connectivity index (χ2v) is 5.28. The third-order valence-electron chi connectivity index (χ3n) is 3.80. The molecule has 1 aliphatic rings. The van der Waals surface area contributed by atoms with Crippen molar-refractivity contribution >= 4 is 5.91 Å². The number of allylic oxidation sites excluding steroid dienone is 2. The third-order valence-corrected chi connectivity index (χ3v) is 3.80. The first kappa shape index (κ1) is 15.3. The Morgan fingerprint density at radius 3 is 2.78 bits per heavy atom. The number of benzene rings is 1. The highest BCUT2D eigenvalue weighted by Crippen LogP contribution is 2.22. The van der Waals surface area contributed by atoms with E-state index in [1.54, 1.807) is 17.0 Å². The monoisotopic (exact) mass is 313 g/mol. The molecular weight excluding hydrogens is 294 g/mol. The molecule has 1 aromatic heterocycles. The van der Waals surface area contributed by atoms with E-state index < -0.39 is 0 Å². The fraction of sp³-hybridized carbons (Fsp3) is 0.353. The van der Waals surface area contributed by atoms with Crippen LogP contribution in [0.3, 0.4) is 0 Å². The summed E-state index contributed by atoms with van der Waals surface area (Å²) in [6, 6.07) is 7.23. The predicted molar refractivity (Wildman–Crippen MR) is 84.6 cm³/mol. The lowest BCUT2D eigenvalue weighted by molar-refractivity contribution is -0.131. The maximum atomic E-state index is 12.3. The normalized spacial score (nSPS) is 13.7. The SMILES string of the molecule is CCN(C(=O)COc1ccc(-c2nnco2)cc1)C1=CCCC1. The number of carbonyl (C=O) groups excluding carboxylic acids is 1. The molecule has 0 saturated heterocycles. The van der Waals surface area contributed by atoms with Crippen molar-refractivity contribution in [3.8, 4) is 17.2 Å². The Bertz CT molecular complexity index is 678. The summed E-state index contributed by atoms with van der Waals surface area (Å²) >= 11 is 0. The van der Waals surface area contributed by atoms with Crippen LogP contribution >= 0.6 is 0 Å². The van der Waals surface area contributed by atoms with Crippen LogP contribution < -0.4 is 4.74 Å². The van der Waals surface area contributed by atoms with Crippen LogP contribution in [0.25, 0.3) is 11.5 Å². The van der Waals surface area contributed by atoms with Gasteiger partial charge in [0.2, 0.25) is 12.3 Å². The highest BCUT2D eigenvalue weighted by molar-refractivity contribution is 5.79. The molecule has 0 aliphatic heterocycles. The van der Waals surface area contributed by atoms with Gasteiger partial charge in [-0.1, -0.05) is 6.08 Å². The number of ether oxygens (including phenoxy) is 1. The number of carbonyl (C=O) groups is 1. The average molecular weight is 313 g/mol. The first-order valence-electron chi connectivity index (χ1n) is 7.76. The molecule has 0 fully saturated rings. The second-order valence-electron chi connectivity index (χ2n) is 5.28. The van der Waals surface area contributed by atoms with Crippen LogP contribution in [0.15, 0.2) is 46.8 Å². The van der Waals surface area contributed by atoms with Crippen LogP contribution in [0.2, 0.25) is 0 Å². The molecule has 0 unspecified atom stereocenters. The molecule has 1 aromatic carbocycles. The molecule has 2 aromatic rings. The first-order valence-corrected chi connectivity index (χ1v) is 7.76. The maximum Gasteiger partial charge on any atom is 0.264 e. The molecule has 120 valence electrons. The van der Waals surface area contributed by atoms with E-state index in [1.165, 1.54) is 6.39 Å². The summed E-state index contributed by atoms with van der Waals surface area (Å²) in [5, 5.41) is 7.49. The van der Waals surface area contributed by atoms with Gasteiger partial charge in [0.25, 0.3) is 5.91 Å². The van der Waals surface area contributed by atoms with Gasteiger partial charge >= 0.3 is 0 Å². The van der Waals surface area contributed by atoms with Crippen molar-refractivity contribution in [1.29, 1.82) is 0 Å². The van der Waals surface area contributed by atoms with Gasteiger partial charge in [0.1, 0.15) is 5.75 Å². The van der Waals surface area contributed by atoms with E-state index in [1.807, 2.05) is 19.1 Å². The molecule has 3 rings (SSSR count). The van der Waals surface area contributed by atoms with Crippen LogP contribution in [0, 0.1) is 0 Å². The van der Waals surface area contributed by atoms with E-state index in [9.17, 15) is 4.79 Å². The van der Waals surface area contributed by atoms with Crippen molar-refractivity contribution in [2.75, 3.05) is 13.2 Å². The van der Waals surface area contributed by atoms with E-state index in [2.05, 4.69) is 16.3 Å². The van der Waals surface area contributed by atoms with Crippen molar-refractivity contribution in [3.63, 3.8) is 0 Å². The van der Waals surface area contributed by atoms with E-state index in [4.69, 9.17) is 9.15 Å². The lowest BCUT2D eigenvalue weighted by Gasteiger charge is -2.22. The van der Waals surface area contributed by atoms with Gasteiger partial charge in [0.15, 0.2) is 6.61 Å². The minimum absolute atomic E-state index is 0.0124. The Hall–Kier alpha value is -2.63. The quantitative estimate of drug-likeness (QED) is 0.820. The van der Waals surface area contributed by atoms with Crippen molar-refractivity contribution in [2.24, 2.45) is 0 Å². The summed E-state index contributed by atoms with van der Waals surface area (Å²) in [6.07, 6.45) is 6.57. The lowest BCUT2D eigenvalue weighted by atomic mass is 10.2. The standard InChI is InChI=1S/C17H19N3O3/c1-2-20(14-5-3-4-6-14)16(21)11-22-15-9-7-13(8-10-15)17-19-18-12-23-17/h5,7-10,12H,2-4,6,11H2,1H3. The summed E-state index contributed by atoms with van der Waals surface area (Å²) < 4.78 is 10.7. The average Bonchev–Trinajstić information content (AvgIpc) is 3.28. The largest absolute Gasteiger partial charge is 0.484 e. The third kappa shape index (κ3) is 3.59. The molecular formula is C17H19N3O3. The fourth-order valence-electron chi connectivity index (χ4n) is 2.65. The minimum Gasteiger partial charge on any atom is -0.484 e. The number of likely N-dealkylation sites (N-methyl/N-ethyl adjacent to an activating group) is 1. The zero-order chi connectivity index (χ0) is 16.1. The molecule has 1 amide bonds. The first-order chi connectivity index (χ1) is 11.3. The summed E-state index contributed by atoms with van der Waals surface area (Å²) in [7, 11) is 0. The van der Waals surface area contributed by atoms with Crippen molar-refractivity contribution in [1.82, 2.24) is 15.1 Å². The van der Waals surface area contributed by atoms with E-state index in [0.29, 0.717) is 18.2 Å². The van der Waals surface area contributed by atoms with Gasteiger partial charge in [-0.3, -0.25) is 4.79 Å². The van der Waals surface area contributed by atoms with Gasteiger partial charge in [0.05, 0.1) is 0 Å². The van der Waals surface area contributed by atoms with E-state index in [-0.39, 0.29) is 12.5 Å². The molecule has 0 bridgehead atoms. The van der Waals surface area contributed by atoms with Gasteiger partial charge in [0, 0.05) is 17.8 Å². The second kappa shape index (κ2) is 7.09. The van der Waals surface area contributed by atoms with Crippen LogP contribution in [0.5, 0.6) is 5.75 Å². The molecule has 6 nitrogen and oxygen atoms in total. The van der Waals surface area contributed by atoms with Crippen molar-refractivity contribution in [2.45, 2.75) is 26.2 Å². The number of hydrogen-bond donors (Lipinski definition) is 0. The number of nitrogens with zero attached hydrogens (tertiary/aromatic N) is 3. The zero-order valence-electron chi connectivity index (χ0n) is 13.1. The number of hydrogen-bond acceptors (Lipinski definition) is 5. The van der Waals surface area contributed by atoms with Crippen LogP contribution in [-0.2, 0) is 4.79 Å². The van der Waals surface area contributed by atoms with Gasteiger partial charge < -0.3 is 14.1 Å². The molecule has 0 spiro atoms. The van der Waals surface area contributed by atoms with Crippen LogP contribution in [-0.4, -0.2) is 34.2 Å². The smallest absolute Gasteiger partial charge is 0.264 e. The van der Waals surface area contributed by atoms with Gasteiger partial charge in [-0.05, 0) is 50.5 Å². The van der Waals surface area contributed by atoms with E-state index in [0.717, 1.165) is 30.5 Å². The number of aromatic nitrogens is 2. The topological polar surface area (TPSA) is 68.5 Å². The molecule has 0 atom stereocenters. The molecule has 1 heterocycles. The van der Waals surface area contributed by atoms with Crippen molar-refractivity contribution in [3.05, 3.63) is 42.4 Å². The fourth-order valence-corrected chi connectivity index (χ4v) is 2.65. The van der Waals surface area contributed by atoms with Crippen LogP contribution in [0.1, 0.15) is 26.2 Å². The Labute approximate surface area is 134 Å². The van der Waals surface area contributed by atoms with Crippen molar-refractivity contribution < 1.29 is 13.9 Å². The Balaban J connectivity index is 1.58. The molecule has 6 heteroatoms. The lowest BCUT2D eigenvalue weighted by Crippen LogP contribution is -2.33. The Morgan fingerprint density at radius 1 is 1.35 bits per heavy atom. The molecule has 23 heavy (non-hydrogen) atoms. The summed E-state index contributed by atoms with van der Waals surface area (Å²) in [5.74, 6) is 1.08. The maximum absolute atomic E-state index is 12.3. The summed E-state index contributed by atoms with van der Waals surface area (Å²) in [6.45, 7) is 2.69. The molecule has 0 radical (unpaired) electrons. The van der Waals surface area contributed by atoms with Crippen LogP contribution in [0.4, 0.5) is 0 Å². The van der Waals surface area contributed by atoms with Gasteiger partial charge in [-0.25, -0.2) is 0 Å². The Morgan fingerprint density at radius 2 is 2.17 bits per heavy atom. The summed E-state index contributed by atoms with van der Waals surface area (Å²) in [4.78, 5) is 14.1. The minimum atomic E-state index is -0.0124. The van der Waals surface area contributed by atoms with E-state index >= 15 is 0 Å². The number of rotatable bonds is 6. The number of amides is 1. The molecule has 1 aliphatic carbocycles. The van der Waals surface area contributed by atoms with Gasteiger partial charge in [-0.2, -0.15) is 0 Å².